The van der Waals surface area contributed by atoms with Gasteiger partial charge in [0.1, 0.15) is 0 Å². The minimum Gasteiger partial charge on any atom is -0.387 e. The molecule has 1 unspecified atom stereocenters. The maximum Gasteiger partial charge on any atom is 0.219 e. The summed E-state index contributed by atoms with van der Waals surface area (Å²) in [5.74, 6) is 0.103. The third-order valence-electron chi connectivity index (χ3n) is 3.57. The first kappa shape index (κ1) is 15.6. The molecule has 1 fully saturated rings. The number of benzene rings is 1. The Hall–Kier alpha value is -0.810. The number of aliphatic hydroxyl groups is 1. The van der Waals surface area contributed by atoms with Gasteiger partial charge in [0.2, 0.25) is 5.91 Å². The number of carbonyl (C=O) groups is 1. The van der Waals surface area contributed by atoms with Gasteiger partial charge >= 0.3 is 0 Å². The normalized spacial score (nSPS) is 18.1. The predicted molar refractivity (Wildman–Crippen MR) is 80.1 cm³/mol. The highest BCUT2D eigenvalue weighted by Gasteiger charge is 2.22. The van der Waals surface area contributed by atoms with E-state index < -0.39 is 6.10 Å². The fourth-order valence-electron chi connectivity index (χ4n) is 2.36. The molecule has 1 aromatic rings. The number of nitrogens with zero attached hydrogens (tertiary/aromatic N) is 2. The van der Waals surface area contributed by atoms with Crippen LogP contribution in [0.1, 0.15) is 18.6 Å². The van der Waals surface area contributed by atoms with Crippen LogP contribution in [0.25, 0.3) is 0 Å². The number of hydrogen-bond donors (Lipinski definition) is 1. The summed E-state index contributed by atoms with van der Waals surface area (Å²) in [5, 5.41) is 11.3. The molecule has 1 aliphatic rings. The van der Waals surface area contributed by atoms with E-state index in [1.807, 2.05) is 4.90 Å². The van der Waals surface area contributed by atoms with Gasteiger partial charge in [-0.1, -0.05) is 29.3 Å². The number of amides is 1. The lowest BCUT2D eigenvalue weighted by atomic mass is 10.1. The molecule has 1 aromatic carbocycles. The van der Waals surface area contributed by atoms with Gasteiger partial charge in [-0.25, -0.2) is 0 Å². The number of rotatable bonds is 3. The van der Waals surface area contributed by atoms with Crippen LogP contribution in [0.2, 0.25) is 10.0 Å². The smallest absolute Gasteiger partial charge is 0.219 e. The minimum absolute atomic E-state index is 0.103. The standard InChI is InChI=1S/C14H18Cl2N2O2/c1-10(19)18-6-4-17(5-7-18)9-14(20)12-3-2-11(15)8-13(12)16/h2-3,8,14,20H,4-7,9H2,1H3. The SMILES string of the molecule is CC(=O)N1CCN(CC(O)c2ccc(Cl)cc2Cl)CC1. The summed E-state index contributed by atoms with van der Waals surface area (Å²) in [6.45, 7) is 5.03. The first-order valence-corrected chi connectivity index (χ1v) is 7.34. The highest BCUT2D eigenvalue weighted by Crippen LogP contribution is 2.27. The molecule has 6 heteroatoms. The van der Waals surface area contributed by atoms with Crippen LogP contribution in [0.15, 0.2) is 18.2 Å². The Kier molecular flexibility index (Phi) is 5.27. The van der Waals surface area contributed by atoms with Gasteiger partial charge in [0, 0.05) is 55.3 Å². The number of aliphatic hydroxyl groups excluding tert-OH is 1. The van der Waals surface area contributed by atoms with Gasteiger partial charge in [0.05, 0.1) is 6.10 Å². The molecule has 110 valence electrons. The van der Waals surface area contributed by atoms with Crippen LogP contribution in [0, 0.1) is 0 Å². The third-order valence-corrected chi connectivity index (χ3v) is 4.13. The van der Waals surface area contributed by atoms with Crippen LogP contribution in [-0.2, 0) is 4.79 Å². The number of piperazine rings is 1. The molecule has 1 aliphatic heterocycles. The summed E-state index contributed by atoms with van der Waals surface area (Å²) in [6.07, 6.45) is -0.649. The van der Waals surface area contributed by atoms with Crippen molar-refractivity contribution in [2.24, 2.45) is 0 Å². The van der Waals surface area contributed by atoms with E-state index >= 15 is 0 Å². The number of β-amino-alcohol motifs (C(OH)–C–C–N with tert-alkyl or cyclic N) is 1. The molecule has 1 amide bonds. The van der Waals surface area contributed by atoms with Crippen molar-refractivity contribution in [3.05, 3.63) is 33.8 Å². The Morgan fingerprint density at radius 1 is 1.30 bits per heavy atom. The van der Waals surface area contributed by atoms with Crippen molar-refractivity contribution in [2.45, 2.75) is 13.0 Å². The fraction of sp³-hybridized carbons (Fsp3) is 0.500. The average Bonchev–Trinajstić information content (AvgIpc) is 2.39. The molecule has 4 nitrogen and oxygen atoms in total. The topological polar surface area (TPSA) is 43.8 Å². The van der Waals surface area contributed by atoms with E-state index in [0.717, 1.165) is 13.1 Å². The van der Waals surface area contributed by atoms with Crippen LogP contribution in [-0.4, -0.2) is 53.5 Å². The molecule has 0 aliphatic carbocycles. The summed E-state index contributed by atoms with van der Waals surface area (Å²) in [7, 11) is 0. The van der Waals surface area contributed by atoms with Crippen molar-refractivity contribution >= 4 is 29.1 Å². The predicted octanol–water partition coefficient (Wildman–Crippen LogP) is 2.19. The lowest BCUT2D eigenvalue weighted by Crippen LogP contribution is -2.48. The molecular formula is C14H18Cl2N2O2. The molecular weight excluding hydrogens is 299 g/mol. The molecule has 0 radical (unpaired) electrons. The van der Waals surface area contributed by atoms with Gasteiger partial charge in [-0.3, -0.25) is 9.69 Å². The number of halogens is 2. The maximum atomic E-state index is 11.3. The Morgan fingerprint density at radius 3 is 2.50 bits per heavy atom. The van der Waals surface area contributed by atoms with E-state index in [0.29, 0.717) is 35.2 Å². The van der Waals surface area contributed by atoms with E-state index in [-0.39, 0.29) is 5.91 Å². The average molecular weight is 317 g/mol. The van der Waals surface area contributed by atoms with E-state index in [2.05, 4.69) is 4.90 Å². The Labute approximate surface area is 128 Å². The van der Waals surface area contributed by atoms with Crippen molar-refractivity contribution in [3.8, 4) is 0 Å². The molecule has 0 spiro atoms. The molecule has 0 saturated carbocycles. The Morgan fingerprint density at radius 2 is 1.95 bits per heavy atom. The molecule has 0 aromatic heterocycles. The van der Waals surface area contributed by atoms with Gasteiger partial charge in [-0.05, 0) is 12.1 Å². The second kappa shape index (κ2) is 6.76. The van der Waals surface area contributed by atoms with E-state index in [9.17, 15) is 9.90 Å². The maximum absolute atomic E-state index is 11.3. The molecule has 1 saturated heterocycles. The zero-order chi connectivity index (χ0) is 14.7. The van der Waals surface area contributed by atoms with E-state index in [4.69, 9.17) is 23.2 Å². The summed E-state index contributed by atoms with van der Waals surface area (Å²) < 4.78 is 0. The molecule has 2 rings (SSSR count). The zero-order valence-electron chi connectivity index (χ0n) is 11.4. The van der Waals surface area contributed by atoms with Gasteiger partial charge < -0.3 is 10.0 Å². The third kappa shape index (κ3) is 3.85. The number of hydrogen-bond acceptors (Lipinski definition) is 3. The summed E-state index contributed by atoms with van der Waals surface area (Å²) >= 11 is 11.9. The Bertz CT molecular complexity index is 488. The molecule has 1 atom stereocenters. The quantitative estimate of drug-likeness (QED) is 0.929. The van der Waals surface area contributed by atoms with Crippen molar-refractivity contribution < 1.29 is 9.90 Å². The molecule has 1 heterocycles. The van der Waals surface area contributed by atoms with Gasteiger partial charge in [0.15, 0.2) is 0 Å². The molecule has 1 N–H and O–H groups in total. The second-order valence-electron chi connectivity index (χ2n) is 4.99. The van der Waals surface area contributed by atoms with Crippen molar-refractivity contribution in [1.29, 1.82) is 0 Å². The highest BCUT2D eigenvalue weighted by atomic mass is 35.5. The van der Waals surface area contributed by atoms with Crippen LogP contribution in [0.3, 0.4) is 0 Å². The fourth-order valence-corrected chi connectivity index (χ4v) is 2.89. The van der Waals surface area contributed by atoms with Crippen molar-refractivity contribution in [3.63, 3.8) is 0 Å². The largest absolute Gasteiger partial charge is 0.387 e. The van der Waals surface area contributed by atoms with E-state index in [1.54, 1.807) is 25.1 Å². The van der Waals surface area contributed by atoms with Crippen LogP contribution < -0.4 is 0 Å². The van der Waals surface area contributed by atoms with Gasteiger partial charge in [-0.2, -0.15) is 0 Å². The molecule has 0 bridgehead atoms. The van der Waals surface area contributed by atoms with Gasteiger partial charge in [-0.15, -0.1) is 0 Å². The van der Waals surface area contributed by atoms with Crippen LogP contribution in [0.5, 0.6) is 0 Å². The lowest BCUT2D eigenvalue weighted by Gasteiger charge is -2.35. The zero-order valence-corrected chi connectivity index (χ0v) is 12.9. The van der Waals surface area contributed by atoms with Crippen molar-refractivity contribution in [1.82, 2.24) is 9.80 Å². The summed E-state index contributed by atoms with van der Waals surface area (Å²) in [6, 6.07) is 5.11. The van der Waals surface area contributed by atoms with Crippen LogP contribution >= 0.6 is 23.2 Å². The van der Waals surface area contributed by atoms with Gasteiger partial charge in [0.25, 0.3) is 0 Å². The highest BCUT2D eigenvalue weighted by molar-refractivity contribution is 6.35. The second-order valence-corrected chi connectivity index (χ2v) is 5.83. The van der Waals surface area contributed by atoms with Crippen LogP contribution in [0.4, 0.5) is 0 Å². The minimum atomic E-state index is -0.649. The Balaban J connectivity index is 1.92. The van der Waals surface area contributed by atoms with Crippen molar-refractivity contribution in [2.75, 3.05) is 32.7 Å². The lowest BCUT2D eigenvalue weighted by molar-refractivity contribution is -0.130. The first-order valence-electron chi connectivity index (χ1n) is 6.58. The summed E-state index contributed by atoms with van der Waals surface area (Å²) in [5.41, 5.74) is 0.685. The molecule has 20 heavy (non-hydrogen) atoms. The number of carbonyl (C=O) groups excluding carboxylic acids is 1. The monoisotopic (exact) mass is 316 g/mol. The summed E-state index contributed by atoms with van der Waals surface area (Å²) in [4.78, 5) is 15.2. The first-order chi connectivity index (χ1) is 9.47. The van der Waals surface area contributed by atoms with E-state index in [1.165, 1.54) is 0 Å².